The molecular weight excluding hydrogens is 252 g/mol. The Balaban J connectivity index is 1.93. The van der Waals surface area contributed by atoms with Crippen LogP contribution in [0.1, 0.15) is 11.1 Å². The van der Waals surface area contributed by atoms with E-state index in [9.17, 15) is 0 Å². The maximum absolute atomic E-state index is 5.42. The Hall–Kier alpha value is -1.87. The summed E-state index contributed by atoms with van der Waals surface area (Å²) in [4.78, 5) is 3.28. The molecule has 0 aliphatic carbocycles. The van der Waals surface area contributed by atoms with Crippen LogP contribution in [0, 0.1) is 11.7 Å². The largest absolute Gasteiger partial charge is 0.331 e. The maximum atomic E-state index is 5.42. The van der Waals surface area contributed by atoms with Crippen LogP contribution in [0.3, 0.4) is 0 Å². The van der Waals surface area contributed by atoms with E-state index in [-0.39, 0.29) is 0 Å². The van der Waals surface area contributed by atoms with Crippen LogP contribution in [-0.2, 0) is 13.0 Å². The van der Waals surface area contributed by atoms with Crippen LogP contribution >= 0.6 is 12.2 Å². The number of imidazole rings is 1. The lowest BCUT2D eigenvalue weighted by molar-refractivity contribution is 0.706. The monoisotopic (exact) mass is 268 g/mol. The number of rotatable bonds is 3. The first kappa shape index (κ1) is 12.2. The molecule has 3 aromatic rings. The molecule has 0 aliphatic heterocycles. The van der Waals surface area contributed by atoms with Gasteiger partial charge in [0.2, 0.25) is 0 Å². The van der Waals surface area contributed by atoms with Crippen molar-refractivity contribution >= 4 is 23.3 Å². The van der Waals surface area contributed by atoms with Gasteiger partial charge in [-0.05, 0) is 48.8 Å². The van der Waals surface area contributed by atoms with Gasteiger partial charge in [-0.3, -0.25) is 0 Å². The van der Waals surface area contributed by atoms with E-state index >= 15 is 0 Å². The Kier molecular flexibility index (Phi) is 3.22. The number of aromatic amines is 1. The molecule has 0 amide bonds. The summed E-state index contributed by atoms with van der Waals surface area (Å²) < 4.78 is 2.98. The van der Waals surface area contributed by atoms with Crippen LogP contribution in [0.5, 0.6) is 0 Å². The number of H-pyrrole nitrogens is 1. The number of benzene rings is 2. The zero-order valence-electron chi connectivity index (χ0n) is 10.9. The van der Waals surface area contributed by atoms with Crippen molar-refractivity contribution in [1.82, 2.24) is 9.55 Å². The third-order valence-corrected chi connectivity index (χ3v) is 3.72. The van der Waals surface area contributed by atoms with E-state index in [1.807, 2.05) is 6.07 Å². The first-order valence-corrected chi connectivity index (χ1v) is 6.88. The van der Waals surface area contributed by atoms with Gasteiger partial charge in [0.05, 0.1) is 11.0 Å². The predicted octanol–water partition coefficient (Wildman–Crippen LogP) is 4.25. The summed E-state index contributed by atoms with van der Waals surface area (Å²) in [6.07, 6.45) is 0.996. The Bertz CT molecular complexity index is 753. The second-order valence-electron chi connectivity index (χ2n) is 4.84. The molecule has 0 radical (unpaired) electrons. The number of nitrogens with one attached hydrogen (secondary N) is 1. The molecule has 0 saturated carbocycles. The molecule has 3 rings (SSSR count). The fourth-order valence-electron chi connectivity index (χ4n) is 2.39. The highest BCUT2D eigenvalue weighted by atomic mass is 32.1. The van der Waals surface area contributed by atoms with Crippen molar-refractivity contribution in [3.8, 4) is 0 Å². The van der Waals surface area contributed by atoms with Gasteiger partial charge in [0.1, 0.15) is 0 Å². The molecule has 0 bridgehead atoms. The van der Waals surface area contributed by atoms with E-state index in [1.165, 1.54) is 16.6 Å². The smallest absolute Gasteiger partial charge is 0.178 e. The second kappa shape index (κ2) is 5.02. The number of aryl methyl sites for hydroxylation is 3. The van der Waals surface area contributed by atoms with Gasteiger partial charge in [0.15, 0.2) is 4.77 Å². The summed E-state index contributed by atoms with van der Waals surface area (Å²) in [5.41, 5.74) is 4.90. The Morgan fingerprint density at radius 2 is 1.89 bits per heavy atom. The van der Waals surface area contributed by atoms with E-state index in [0.29, 0.717) is 0 Å². The van der Waals surface area contributed by atoms with Gasteiger partial charge in [-0.25, -0.2) is 0 Å². The minimum absolute atomic E-state index is 0.802. The molecule has 0 unspecified atom stereocenters. The molecule has 1 aromatic heterocycles. The van der Waals surface area contributed by atoms with Crippen molar-refractivity contribution < 1.29 is 0 Å². The summed E-state index contributed by atoms with van der Waals surface area (Å²) >= 11 is 5.42. The third-order valence-electron chi connectivity index (χ3n) is 3.40. The fraction of sp³-hybridized carbons (Fsp3) is 0.188. The lowest BCUT2D eigenvalue weighted by Gasteiger charge is -2.05. The standard InChI is InChI=1S/C16H16N2S/c1-12-7-8-15-14(11-12)17-16(19)18(15)10-9-13-5-3-2-4-6-13/h2-8,11H,9-10H2,1H3,(H,17,19). The highest BCUT2D eigenvalue weighted by Crippen LogP contribution is 2.16. The van der Waals surface area contributed by atoms with Gasteiger partial charge in [0.25, 0.3) is 0 Å². The van der Waals surface area contributed by atoms with Crippen LogP contribution in [0.25, 0.3) is 11.0 Å². The number of hydrogen-bond donors (Lipinski definition) is 1. The average molecular weight is 268 g/mol. The average Bonchev–Trinajstić information content (AvgIpc) is 2.72. The van der Waals surface area contributed by atoms with Crippen molar-refractivity contribution in [2.24, 2.45) is 0 Å². The molecule has 1 N–H and O–H groups in total. The Morgan fingerprint density at radius 1 is 1.11 bits per heavy atom. The highest BCUT2D eigenvalue weighted by Gasteiger charge is 2.04. The predicted molar refractivity (Wildman–Crippen MR) is 82.0 cm³/mol. The SMILES string of the molecule is Cc1ccc2c(c1)[nH]c(=S)n2CCc1ccccc1. The minimum atomic E-state index is 0.802. The summed E-state index contributed by atoms with van der Waals surface area (Å²) in [5, 5.41) is 0. The van der Waals surface area contributed by atoms with E-state index in [2.05, 4.69) is 58.9 Å². The van der Waals surface area contributed by atoms with Gasteiger partial charge < -0.3 is 9.55 Å². The molecule has 3 heteroatoms. The van der Waals surface area contributed by atoms with Gasteiger partial charge >= 0.3 is 0 Å². The number of nitrogens with zero attached hydrogens (tertiary/aromatic N) is 1. The molecule has 0 spiro atoms. The number of aromatic nitrogens is 2. The maximum Gasteiger partial charge on any atom is 0.178 e. The molecule has 0 fully saturated rings. The Labute approximate surface area is 117 Å². The molecule has 2 nitrogen and oxygen atoms in total. The normalized spacial score (nSPS) is 11.0. The molecule has 19 heavy (non-hydrogen) atoms. The van der Waals surface area contributed by atoms with Crippen molar-refractivity contribution in [3.63, 3.8) is 0 Å². The highest BCUT2D eigenvalue weighted by molar-refractivity contribution is 7.71. The van der Waals surface area contributed by atoms with Crippen LogP contribution in [-0.4, -0.2) is 9.55 Å². The topological polar surface area (TPSA) is 20.7 Å². The first-order valence-electron chi connectivity index (χ1n) is 6.47. The van der Waals surface area contributed by atoms with E-state index in [1.54, 1.807) is 0 Å². The zero-order chi connectivity index (χ0) is 13.2. The molecule has 96 valence electrons. The van der Waals surface area contributed by atoms with E-state index < -0.39 is 0 Å². The minimum Gasteiger partial charge on any atom is -0.331 e. The fourth-order valence-corrected chi connectivity index (χ4v) is 2.68. The molecule has 2 aromatic carbocycles. The summed E-state index contributed by atoms with van der Waals surface area (Å²) in [6.45, 7) is 3.00. The second-order valence-corrected chi connectivity index (χ2v) is 5.22. The van der Waals surface area contributed by atoms with E-state index in [0.717, 1.165) is 23.3 Å². The third kappa shape index (κ3) is 2.47. The number of fused-ring (bicyclic) bond motifs is 1. The van der Waals surface area contributed by atoms with Crippen molar-refractivity contribution in [3.05, 3.63) is 64.4 Å². The van der Waals surface area contributed by atoms with Gasteiger partial charge in [0, 0.05) is 6.54 Å². The van der Waals surface area contributed by atoms with Crippen molar-refractivity contribution in [2.75, 3.05) is 0 Å². The molecule has 0 saturated heterocycles. The number of hydrogen-bond acceptors (Lipinski definition) is 1. The lowest BCUT2D eigenvalue weighted by Crippen LogP contribution is -2.01. The summed E-state index contributed by atoms with van der Waals surface area (Å²) in [6, 6.07) is 16.9. The van der Waals surface area contributed by atoms with Crippen molar-refractivity contribution in [1.29, 1.82) is 0 Å². The van der Waals surface area contributed by atoms with Gasteiger partial charge in [-0.15, -0.1) is 0 Å². The Morgan fingerprint density at radius 3 is 2.68 bits per heavy atom. The zero-order valence-corrected chi connectivity index (χ0v) is 11.7. The molecule has 0 aliphatic rings. The van der Waals surface area contributed by atoms with Gasteiger partial charge in [-0.2, -0.15) is 0 Å². The van der Waals surface area contributed by atoms with Crippen LogP contribution in [0.2, 0.25) is 0 Å². The molecular formula is C16H16N2S. The first-order chi connectivity index (χ1) is 9.24. The van der Waals surface area contributed by atoms with Crippen LogP contribution in [0.4, 0.5) is 0 Å². The quantitative estimate of drug-likeness (QED) is 0.704. The summed E-state index contributed by atoms with van der Waals surface area (Å²) in [5.74, 6) is 0. The van der Waals surface area contributed by atoms with Crippen LogP contribution < -0.4 is 0 Å². The lowest BCUT2D eigenvalue weighted by atomic mass is 10.1. The molecule has 1 heterocycles. The van der Waals surface area contributed by atoms with E-state index in [4.69, 9.17) is 12.2 Å². The van der Waals surface area contributed by atoms with Crippen LogP contribution in [0.15, 0.2) is 48.5 Å². The molecule has 0 atom stereocenters. The summed E-state index contributed by atoms with van der Waals surface area (Å²) in [7, 11) is 0. The van der Waals surface area contributed by atoms with Crippen molar-refractivity contribution in [2.45, 2.75) is 19.9 Å². The van der Waals surface area contributed by atoms with Gasteiger partial charge in [-0.1, -0.05) is 36.4 Å².